The molecule has 0 bridgehead atoms. The van der Waals surface area contributed by atoms with E-state index in [1.165, 1.54) is 0 Å². The number of aliphatic hydroxyl groups is 1. The summed E-state index contributed by atoms with van der Waals surface area (Å²) in [6.07, 6.45) is 5.06. The molecule has 1 aromatic rings. The minimum atomic E-state index is -1.24. The largest absolute Gasteiger partial charge is 1.00 e. The van der Waals surface area contributed by atoms with Gasteiger partial charge in [0.15, 0.2) is 11.5 Å². The molecule has 0 amide bonds. The highest BCUT2D eigenvalue weighted by Crippen LogP contribution is 2.58. The molecule has 0 saturated carbocycles. The normalized spacial score (nSPS) is 38.2. The first kappa shape index (κ1) is 18.5. The summed E-state index contributed by atoms with van der Waals surface area (Å²) in [4.78, 5) is 0. The molecule has 1 N–H and O–H groups in total. The van der Waals surface area contributed by atoms with Crippen molar-refractivity contribution >= 4 is 0 Å². The zero-order chi connectivity index (χ0) is 17.4. The Morgan fingerprint density at radius 3 is 2.69 bits per heavy atom. The third-order valence-corrected chi connectivity index (χ3v) is 6.48. The number of quaternary nitrogens is 1. The fourth-order valence-corrected chi connectivity index (χ4v) is 5.38. The van der Waals surface area contributed by atoms with Crippen molar-refractivity contribution in [3.63, 3.8) is 0 Å². The van der Waals surface area contributed by atoms with Gasteiger partial charge >= 0.3 is 0 Å². The van der Waals surface area contributed by atoms with Crippen LogP contribution in [0.5, 0.6) is 11.5 Å². The summed E-state index contributed by atoms with van der Waals surface area (Å²) in [5.41, 5.74) is 1.53. The van der Waals surface area contributed by atoms with Gasteiger partial charge in [0.25, 0.3) is 0 Å². The standard InChI is InChI=1S/C19H24NO5.HI/c1-20(2)10-19(21)18(5-4-13(22-3)7-17(18)20)14-8-16-15(23-11-24-16)6-12(14)9-25-19;/h4-6,8,13,17,21H,7,9-11H2,1-3H3;1H/q+1;/p-1/t13-,17+,18+,19-;/m1./s1. The Morgan fingerprint density at radius 1 is 1.23 bits per heavy atom. The SMILES string of the molecule is CO[C@@H]1C=C[C@@]23c4cc5c(cc4CO[C@]2(O)C[N+](C)(C)[C@H]3C1)OCO5.[I-]. The molecule has 1 saturated heterocycles. The van der Waals surface area contributed by atoms with Gasteiger partial charge in [0, 0.05) is 13.5 Å². The van der Waals surface area contributed by atoms with Crippen molar-refractivity contribution in [2.24, 2.45) is 0 Å². The Bertz CT molecular complexity index is 781. The van der Waals surface area contributed by atoms with E-state index in [1.807, 2.05) is 12.1 Å². The van der Waals surface area contributed by atoms with Crippen molar-refractivity contribution in [1.82, 2.24) is 0 Å². The van der Waals surface area contributed by atoms with Crippen molar-refractivity contribution in [2.75, 3.05) is 34.5 Å². The first-order valence-electron chi connectivity index (χ1n) is 8.74. The van der Waals surface area contributed by atoms with Crippen LogP contribution in [0.1, 0.15) is 17.5 Å². The predicted molar refractivity (Wildman–Crippen MR) is 89.3 cm³/mol. The Morgan fingerprint density at radius 2 is 1.96 bits per heavy atom. The molecule has 1 aliphatic carbocycles. The van der Waals surface area contributed by atoms with Crippen LogP contribution in [-0.2, 0) is 21.5 Å². The molecular formula is C19H24INO5. The van der Waals surface area contributed by atoms with Crippen LogP contribution in [0.25, 0.3) is 0 Å². The lowest BCUT2D eigenvalue weighted by Gasteiger charge is -2.47. The highest BCUT2D eigenvalue weighted by atomic mass is 127. The molecule has 5 rings (SSSR count). The van der Waals surface area contributed by atoms with Gasteiger partial charge in [0.2, 0.25) is 12.6 Å². The number of ether oxygens (including phenoxy) is 4. The number of likely N-dealkylation sites (N-methyl/N-ethyl adjacent to an activating group) is 1. The van der Waals surface area contributed by atoms with Gasteiger partial charge in [-0.15, -0.1) is 0 Å². The van der Waals surface area contributed by atoms with Crippen molar-refractivity contribution in [3.05, 3.63) is 35.4 Å². The molecule has 1 fully saturated rings. The van der Waals surface area contributed by atoms with Crippen LogP contribution in [0.3, 0.4) is 0 Å². The number of methoxy groups -OCH3 is 1. The second-order valence-corrected chi connectivity index (χ2v) is 8.13. The van der Waals surface area contributed by atoms with Crippen LogP contribution >= 0.6 is 0 Å². The summed E-state index contributed by atoms with van der Waals surface area (Å²) in [6.45, 7) is 1.15. The van der Waals surface area contributed by atoms with Crippen molar-refractivity contribution in [1.29, 1.82) is 0 Å². The van der Waals surface area contributed by atoms with Gasteiger partial charge in [-0.25, -0.2) is 0 Å². The molecule has 4 atom stereocenters. The molecule has 1 spiro atoms. The van der Waals surface area contributed by atoms with Crippen molar-refractivity contribution in [2.45, 2.75) is 36.4 Å². The second kappa shape index (κ2) is 5.81. The summed E-state index contributed by atoms with van der Waals surface area (Å²) in [5.74, 6) is 0.259. The quantitative estimate of drug-likeness (QED) is 0.300. The smallest absolute Gasteiger partial charge is 0.236 e. The summed E-state index contributed by atoms with van der Waals surface area (Å²) in [7, 11) is 6.05. The molecule has 7 heteroatoms. The summed E-state index contributed by atoms with van der Waals surface area (Å²) >= 11 is 0. The minimum absolute atomic E-state index is 0. The molecule has 26 heavy (non-hydrogen) atoms. The van der Waals surface area contributed by atoms with Gasteiger partial charge in [-0.3, -0.25) is 0 Å². The highest BCUT2D eigenvalue weighted by molar-refractivity contribution is 5.56. The summed E-state index contributed by atoms with van der Waals surface area (Å²) in [5, 5.41) is 11.6. The van der Waals surface area contributed by atoms with Crippen LogP contribution in [0.4, 0.5) is 0 Å². The fourth-order valence-electron chi connectivity index (χ4n) is 5.38. The zero-order valence-electron chi connectivity index (χ0n) is 15.2. The monoisotopic (exact) mass is 473 g/mol. The van der Waals surface area contributed by atoms with E-state index in [0.717, 1.165) is 29.0 Å². The Hall–Kier alpha value is -0.870. The van der Waals surface area contributed by atoms with Crippen LogP contribution in [0.15, 0.2) is 24.3 Å². The lowest BCUT2D eigenvalue weighted by atomic mass is 9.64. The van der Waals surface area contributed by atoms with Crippen LogP contribution in [-0.4, -0.2) is 62.1 Å². The maximum Gasteiger partial charge on any atom is 0.236 e. The van der Waals surface area contributed by atoms with Crippen molar-refractivity contribution in [3.8, 4) is 11.5 Å². The number of fused-ring (bicyclic) bond motifs is 2. The molecule has 3 heterocycles. The Labute approximate surface area is 170 Å². The Kier molecular flexibility index (Phi) is 4.13. The number of halogens is 1. The van der Waals surface area contributed by atoms with Crippen LogP contribution < -0.4 is 33.5 Å². The zero-order valence-corrected chi connectivity index (χ0v) is 17.4. The van der Waals surface area contributed by atoms with Gasteiger partial charge in [-0.2, -0.15) is 0 Å². The van der Waals surface area contributed by atoms with E-state index < -0.39 is 11.2 Å². The number of nitrogens with zero attached hydrogens (tertiary/aromatic N) is 1. The average molecular weight is 473 g/mol. The minimum Gasteiger partial charge on any atom is -1.00 e. The van der Waals surface area contributed by atoms with E-state index in [1.54, 1.807) is 7.11 Å². The van der Waals surface area contributed by atoms with E-state index in [9.17, 15) is 5.11 Å². The van der Waals surface area contributed by atoms with E-state index in [2.05, 4.69) is 26.2 Å². The van der Waals surface area contributed by atoms with E-state index in [4.69, 9.17) is 18.9 Å². The van der Waals surface area contributed by atoms with Gasteiger partial charge in [0.1, 0.15) is 18.0 Å². The number of hydrogen-bond acceptors (Lipinski definition) is 5. The number of likely N-dealkylation sites (tertiary alicyclic amines) is 1. The molecular weight excluding hydrogens is 449 g/mol. The molecule has 3 aliphatic heterocycles. The van der Waals surface area contributed by atoms with Crippen molar-refractivity contribution < 1.29 is 52.5 Å². The molecule has 0 unspecified atom stereocenters. The second-order valence-electron chi connectivity index (χ2n) is 8.13. The summed E-state index contributed by atoms with van der Waals surface area (Å²) < 4.78 is 23.5. The maximum absolute atomic E-state index is 11.6. The number of hydrogen-bond donors (Lipinski definition) is 1. The highest BCUT2D eigenvalue weighted by Gasteiger charge is 2.72. The maximum atomic E-state index is 11.6. The first-order valence-corrected chi connectivity index (χ1v) is 8.74. The van der Waals surface area contributed by atoms with E-state index in [0.29, 0.717) is 17.6 Å². The lowest BCUT2D eigenvalue weighted by Crippen LogP contribution is -3.00. The lowest BCUT2D eigenvalue weighted by molar-refractivity contribution is -0.908. The third-order valence-electron chi connectivity index (χ3n) is 6.48. The number of benzene rings is 1. The van der Waals surface area contributed by atoms with Crippen LogP contribution in [0.2, 0.25) is 0 Å². The number of rotatable bonds is 1. The molecule has 0 aromatic heterocycles. The van der Waals surface area contributed by atoms with Gasteiger partial charge in [0.05, 0.1) is 26.8 Å². The fraction of sp³-hybridized carbons (Fsp3) is 0.579. The average Bonchev–Trinajstić information content (AvgIpc) is 3.11. The van der Waals surface area contributed by atoms with Crippen LogP contribution in [0, 0.1) is 0 Å². The molecule has 142 valence electrons. The van der Waals surface area contributed by atoms with Gasteiger partial charge in [-0.05, 0) is 23.3 Å². The first-order chi connectivity index (χ1) is 11.9. The Balaban J connectivity index is 0.00000168. The molecule has 4 aliphatic rings. The topological polar surface area (TPSA) is 57.2 Å². The molecule has 6 nitrogen and oxygen atoms in total. The molecule has 0 radical (unpaired) electrons. The van der Waals surface area contributed by atoms with Gasteiger partial charge in [-0.1, -0.05) is 12.2 Å². The summed E-state index contributed by atoms with van der Waals surface area (Å²) in [6, 6.07) is 4.19. The predicted octanol–water partition coefficient (Wildman–Crippen LogP) is -1.69. The third kappa shape index (κ3) is 2.18. The van der Waals surface area contributed by atoms with E-state index in [-0.39, 0.29) is 42.9 Å². The molecule has 1 aromatic carbocycles. The van der Waals surface area contributed by atoms with E-state index >= 15 is 0 Å². The van der Waals surface area contributed by atoms with Gasteiger partial charge < -0.3 is 52.5 Å².